The van der Waals surface area contributed by atoms with Gasteiger partial charge in [-0.3, -0.25) is 4.79 Å². The van der Waals surface area contributed by atoms with Gasteiger partial charge in [0.2, 0.25) is 0 Å². The van der Waals surface area contributed by atoms with Crippen LogP contribution in [0.25, 0.3) is 0 Å². The van der Waals surface area contributed by atoms with Crippen molar-refractivity contribution in [3.8, 4) is 0 Å². The minimum Gasteiger partial charge on any atom is -0.363 e. The third-order valence-corrected chi connectivity index (χ3v) is 6.10. The predicted molar refractivity (Wildman–Crippen MR) is 111 cm³/mol. The van der Waals surface area contributed by atoms with E-state index in [0.717, 1.165) is 28.8 Å². The van der Waals surface area contributed by atoms with Crippen molar-refractivity contribution in [2.75, 3.05) is 16.8 Å². The van der Waals surface area contributed by atoms with Crippen molar-refractivity contribution in [1.29, 1.82) is 0 Å². The maximum atomic E-state index is 13.9. The van der Waals surface area contributed by atoms with Gasteiger partial charge < -0.3 is 10.2 Å². The Morgan fingerprint density at radius 2 is 1.84 bits per heavy atom. The number of para-hydroxylation sites is 1. The lowest BCUT2D eigenvalue weighted by atomic mass is 9.96. The Kier molecular flexibility index (Phi) is 4.91. The van der Waals surface area contributed by atoms with Crippen molar-refractivity contribution in [2.45, 2.75) is 37.5 Å². The third kappa shape index (κ3) is 3.51. The van der Waals surface area contributed by atoms with E-state index < -0.39 is 30.0 Å². The van der Waals surface area contributed by atoms with E-state index in [1.54, 1.807) is 4.90 Å². The van der Waals surface area contributed by atoms with Gasteiger partial charge in [-0.15, -0.1) is 0 Å². The molecule has 1 aromatic heterocycles. The number of hydrogen-bond acceptors (Lipinski definition) is 3. The molecule has 3 heterocycles. The summed E-state index contributed by atoms with van der Waals surface area (Å²) >= 11 is 0. The molecule has 0 saturated heterocycles. The van der Waals surface area contributed by atoms with Crippen LogP contribution in [0.5, 0.6) is 0 Å². The molecule has 0 bridgehead atoms. The van der Waals surface area contributed by atoms with Crippen LogP contribution in [0.15, 0.2) is 54.7 Å². The highest BCUT2D eigenvalue weighted by Gasteiger charge is 2.47. The molecule has 0 unspecified atom stereocenters. The van der Waals surface area contributed by atoms with Crippen molar-refractivity contribution < 1.29 is 22.4 Å². The lowest BCUT2D eigenvalue weighted by Crippen LogP contribution is -2.38. The Morgan fingerprint density at radius 3 is 2.59 bits per heavy atom. The van der Waals surface area contributed by atoms with E-state index in [1.807, 2.05) is 24.3 Å². The first-order valence-electron chi connectivity index (χ1n) is 10.4. The van der Waals surface area contributed by atoms with Crippen LogP contribution in [-0.4, -0.2) is 28.4 Å². The number of fused-ring (bicyclic) bond motifs is 2. The number of amides is 1. The summed E-state index contributed by atoms with van der Waals surface area (Å²) in [6, 6.07) is 10.2. The standard InChI is InChI=1S/C23H20F4N4O/c24-16-9-7-14(8-10-16)18-12-20(23(25,26)27)31-21(29-18)17(13-28-31)22(32)30-11-3-5-15-4-1-2-6-19(15)30/h1-2,4,6-10,13,18,20,29H,3,5,11-12H2/t18-,20-/m0/s1. The van der Waals surface area contributed by atoms with Gasteiger partial charge in [0.05, 0.1) is 12.2 Å². The van der Waals surface area contributed by atoms with Crippen molar-refractivity contribution >= 4 is 17.4 Å². The summed E-state index contributed by atoms with van der Waals surface area (Å²) in [6.07, 6.45) is -2.06. The number of anilines is 2. The molecule has 2 aliphatic rings. The minimum atomic E-state index is -4.56. The van der Waals surface area contributed by atoms with Crippen LogP contribution in [0, 0.1) is 5.82 Å². The molecule has 0 aliphatic carbocycles. The molecule has 32 heavy (non-hydrogen) atoms. The summed E-state index contributed by atoms with van der Waals surface area (Å²) in [5.74, 6) is -0.839. The Balaban J connectivity index is 1.54. The SMILES string of the molecule is O=C(c1cnn2c1N[C@H](c1ccc(F)cc1)C[C@H]2C(F)(F)F)N1CCCc2ccccc21. The molecule has 5 rings (SSSR count). The van der Waals surface area contributed by atoms with Crippen LogP contribution >= 0.6 is 0 Å². The summed E-state index contributed by atoms with van der Waals surface area (Å²) in [5, 5.41) is 7.00. The molecule has 0 radical (unpaired) electrons. The van der Waals surface area contributed by atoms with Crippen LogP contribution in [0.2, 0.25) is 0 Å². The van der Waals surface area contributed by atoms with Gasteiger partial charge in [0.25, 0.3) is 5.91 Å². The summed E-state index contributed by atoms with van der Waals surface area (Å²) in [5.41, 5.74) is 2.39. The van der Waals surface area contributed by atoms with Gasteiger partial charge >= 0.3 is 6.18 Å². The molecule has 1 amide bonds. The molecule has 5 nitrogen and oxygen atoms in total. The molecule has 9 heteroatoms. The molecule has 2 aliphatic heterocycles. The molecule has 2 aromatic carbocycles. The monoisotopic (exact) mass is 444 g/mol. The topological polar surface area (TPSA) is 50.2 Å². The van der Waals surface area contributed by atoms with E-state index in [2.05, 4.69) is 10.4 Å². The maximum absolute atomic E-state index is 13.9. The Hall–Kier alpha value is -3.36. The lowest BCUT2D eigenvalue weighted by molar-refractivity contribution is -0.173. The first kappa shape index (κ1) is 20.5. The van der Waals surface area contributed by atoms with Gasteiger partial charge in [-0.2, -0.15) is 18.3 Å². The van der Waals surface area contributed by atoms with Crippen molar-refractivity contribution in [1.82, 2.24) is 9.78 Å². The van der Waals surface area contributed by atoms with E-state index in [0.29, 0.717) is 12.1 Å². The molecule has 0 fully saturated rings. The van der Waals surface area contributed by atoms with E-state index in [1.165, 1.54) is 30.5 Å². The third-order valence-electron chi connectivity index (χ3n) is 6.10. The smallest absolute Gasteiger partial charge is 0.363 e. The second-order valence-electron chi connectivity index (χ2n) is 8.08. The first-order valence-corrected chi connectivity index (χ1v) is 10.4. The van der Waals surface area contributed by atoms with Gasteiger partial charge in [0.1, 0.15) is 17.2 Å². The summed E-state index contributed by atoms with van der Waals surface area (Å²) in [7, 11) is 0. The number of nitrogens with zero attached hydrogens (tertiary/aromatic N) is 3. The van der Waals surface area contributed by atoms with E-state index in [9.17, 15) is 22.4 Å². The normalized spacial score (nSPS) is 20.3. The zero-order valence-electron chi connectivity index (χ0n) is 16.9. The fourth-order valence-electron chi connectivity index (χ4n) is 4.52. The van der Waals surface area contributed by atoms with Crippen molar-refractivity contribution in [3.63, 3.8) is 0 Å². The Morgan fingerprint density at radius 1 is 1.09 bits per heavy atom. The fourth-order valence-corrected chi connectivity index (χ4v) is 4.52. The summed E-state index contributed by atoms with van der Waals surface area (Å²) < 4.78 is 55.9. The molecule has 0 saturated carbocycles. The first-order chi connectivity index (χ1) is 15.3. The van der Waals surface area contributed by atoms with Gasteiger partial charge in [0, 0.05) is 18.7 Å². The average Bonchev–Trinajstić information content (AvgIpc) is 3.21. The van der Waals surface area contributed by atoms with Crippen LogP contribution in [0.1, 0.15) is 46.4 Å². The highest BCUT2D eigenvalue weighted by atomic mass is 19.4. The zero-order chi connectivity index (χ0) is 22.5. The maximum Gasteiger partial charge on any atom is 0.410 e. The number of nitrogens with one attached hydrogen (secondary N) is 1. The summed E-state index contributed by atoms with van der Waals surface area (Å²) in [6.45, 7) is 0.477. The van der Waals surface area contributed by atoms with E-state index in [-0.39, 0.29) is 17.8 Å². The van der Waals surface area contributed by atoms with Crippen molar-refractivity contribution in [2.24, 2.45) is 0 Å². The highest BCUT2D eigenvalue weighted by molar-refractivity contribution is 6.09. The fraction of sp³-hybridized carbons (Fsp3) is 0.304. The lowest BCUT2D eigenvalue weighted by Gasteiger charge is -2.35. The molecule has 166 valence electrons. The van der Waals surface area contributed by atoms with Gasteiger partial charge in [-0.1, -0.05) is 30.3 Å². The summed E-state index contributed by atoms with van der Waals surface area (Å²) in [4.78, 5) is 15.0. The molecular formula is C23H20F4N4O. The quantitative estimate of drug-likeness (QED) is 0.548. The Bertz CT molecular complexity index is 1160. The number of carbonyl (C=O) groups is 1. The number of rotatable bonds is 2. The van der Waals surface area contributed by atoms with E-state index >= 15 is 0 Å². The van der Waals surface area contributed by atoms with Crippen LogP contribution < -0.4 is 10.2 Å². The molecule has 0 spiro atoms. The predicted octanol–water partition coefficient (Wildman–Crippen LogP) is 5.28. The van der Waals surface area contributed by atoms with Crippen LogP contribution in [0.3, 0.4) is 0 Å². The second kappa shape index (κ2) is 7.65. The number of aromatic nitrogens is 2. The number of halogens is 4. The van der Waals surface area contributed by atoms with E-state index in [4.69, 9.17) is 0 Å². The number of carbonyl (C=O) groups excluding carboxylic acids is 1. The highest BCUT2D eigenvalue weighted by Crippen LogP contribution is 2.44. The van der Waals surface area contributed by atoms with Crippen molar-refractivity contribution in [3.05, 3.63) is 77.2 Å². The number of hydrogen-bond donors (Lipinski definition) is 1. The minimum absolute atomic E-state index is 0.0287. The second-order valence-corrected chi connectivity index (χ2v) is 8.08. The number of alkyl halides is 3. The molecule has 3 aromatic rings. The van der Waals surface area contributed by atoms with Gasteiger partial charge in [0.15, 0.2) is 6.04 Å². The average molecular weight is 444 g/mol. The van der Waals surface area contributed by atoms with Gasteiger partial charge in [-0.05, 0) is 42.2 Å². The molecule has 2 atom stereocenters. The van der Waals surface area contributed by atoms with Crippen LogP contribution in [0.4, 0.5) is 29.1 Å². The number of benzene rings is 2. The molecule has 1 N–H and O–H groups in total. The Labute approximate surface area is 181 Å². The molecular weight excluding hydrogens is 424 g/mol. The number of aryl methyl sites for hydroxylation is 1. The van der Waals surface area contributed by atoms with Crippen LogP contribution in [-0.2, 0) is 6.42 Å². The largest absolute Gasteiger partial charge is 0.410 e. The zero-order valence-corrected chi connectivity index (χ0v) is 16.9. The van der Waals surface area contributed by atoms with Gasteiger partial charge in [-0.25, -0.2) is 9.07 Å².